The number of nitrogens with zero attached hydrogens (tertiary/aromatic N) is 1. The first-order valence-electron chi connectivity index (χ1n) is 3.27. The molecule has 0 aliphatic carbocycles. The first-order valence-corrected chi connectivity index (χ1v) is 3.27. The number of quaternary nitrogens is 1. The highest BCUT2D eigenvalue weighted by atomic mass is 35.5. The van der Waals surface area contributed by atoms with Gasteiger partial charge in [0.15, 0.2) is 0 Å². The van der Waals surface area contributed by atoms with Gasteiger partial charge in [-0.1, -0.05) is 0 Å². The molecular formula is C6H16ClNO. The van der Waals surface area contributed by atoms with E-state index in [0.717, 1.165) is 19.6 Å². The third-order valence-corrected chi connectivity index (χ3v) is 1.77. The van der Waals surface area contributed by atoms with Crippen LogP contribution in [0.4, 0.5) is 0 Å². The fourth-order valence-corrected chi connectivity index (χ4v) is 0.671. The molecule has 0 aromatic carbocycles. The second kappa shape index (κ2) is 5.03. The topological polar surface area (TPSA) is 20.2 Å². The summed E-state index contributed by atoms with van der Waals surface area (Å²) in [5.74, 6) is 0. The highest BCUT2D eigenvalue weighted by molar-refractivity contribution is 4.18. The molecule has 0 saturated heterocycles. The molecule has 0 spiro atoms. The smallest absolute Gasteiger partial charge is 0.106 e. The largest absolute Gasteiger partial charge is 1.00 e. The lowest BCUT2D eigenvalue weighted by Crippen LogP contribution is -3.00. The maximum Gasteiger partial charge on any atom is 0.106 e. The quantitative estimate of drug-likeness (QED) is 0.377. The highest BCUT2D eigenvalue weighted by Gasteiger charge is 2.15. The lowest BCUT2D eigenvalue weighted by atomic mass is 10.5. The number of hydroxylamine groups is 3. The summed E-state index contributed by atoms with van der Waals surface area (Å²) in [4.78, 5) is 0. The van der Waals surface area contributed by atoms with Crippen LogP contribution in [0.2, 0.25) is 0 Å². The molecule has 3 heteroatoms. The lowest BCUT2D eigenvalue weighted by molar-refractivity contribution is -1.10. The Morgan fingerprint density at radius 2 is 1.22 bits per heavy atom. The zero-order chi connectivity index (χ0) is 6.62. The summed E-state index contributed by atoms with van der Waals surface area (Å²) in [7, 11) is 0. The molecule has 0 aliphatic heterocycles. The van der Waals surface area contributed by atoms with Crippen molar-refractivity contribution in [3.8, 4) is 0 Å². The summed E-state index contributed by atoms with van der Waals surface area (Å²) < 4.78 is 0.208. The van der Waals surface area contributed by atoms with Gasteiger partial charge in [-0.05, 0) is 20.8 Å². The minimum absolute atomic E-state index is 0. The number of hydrogen-bond donors (Lipinski definition) is 1. The van der Waals surface area contributed by atoms with Crippen molar-refractivity contribution in [1.82, 2.24) is 0 Å². The third-order valence-electron chi connectivity index (χ3n) is 1.77. The first-order chi connectivity index (χ1) is 3.68. The molecule has 58 valence electrons. The second-order valence-corrected chi connectivity index (χ2v) is 2.04. The predicted octanol–water partition coefficient (Wildman–Crippen LogP) is -1.74. The van der Waals surface area contributed by atoms with Crippen LogP contribution in [0.5, 0.6) is 0 Å². The molecular weight excluding hydrogens is 138 g/mol. The van der Waals surface area contributed by atoms with Crippen LogP contribution in [0.1, 0.15) is 20.8 Å². The van der Waals surface area contributed by atoms with E-state index in [-0.39, 0.29) is 17.1 Å². The van der Waals surface area contributed by atoms with Crippen molar-refractivity contribution in [3.05, 3.63) is 0 Å². The SMILES string of the molecule is CC[N+](O)(CC)CC.[Cl-]. The van der Waals surface area contributed by atoms with E-state index in [1.807, 2.05) is 20.8 Å². The average Bonchev–Trinajstić information content (AvgIpc) is 1.87. The Balaban J connectivity index is 0. The molecule has 0 amide bonds. The van der Waals surface area contributed by atoms with Gasteiger partial charge in [-0.2, -0.15) is 4.65 Å². The van der Waals surface area contributed by atoms with Crippen molar-refractivity contribution in [2.24, 2.45) is 0 Å². The fraction of sp³-hybridized carbons (Fsp3) is 1.00. The molecule has 2 nitrogen and oxygen atoms in total. The van der Waals surface area contributed by atoms with Crippen LogP contribution < -0.4 is 12.4 Å². The van der Waals surface area contributed by atoms with E-state index in [2.05, 4.69) is 0 Å². The number of rotatable bonds is 3. The maximum atomic E-state index is 9.38. The molecule has 0 radical (unpaired) electrons. The summed E-state index contributed by atoms with van der Waals surface area (Å²) in [6.07, 6.45) is 0. The van der Waals surface area contributed by atoms with E-state index in [0.29, 0.717) is 0 Å². The van der Waals surface area contributed by atoms with Crippen LogP contribution in [0.25, 0.3) is 0 Å². The van der Waals surface area contributed by atoms with Gasteiger partial charge in [-0.3, -0.25) is 0 Å². The Bertz CT molecular complexity index is 55.8. The Labute approximate surface area is 63.4 Å². The molecule has 0 aliphatic rings. The Morgan fingerprint density at radius 1 is 1.00 bits per heavy atom. The number of hydrogen-bond acceptors (Lipinski definition) is 1. The van der Waals surface area contributed by atoms with Gasteiger partial charge in [-0.15, -0.1) is 0 Å². The van der Waals surface area contributed by atoms with Gasteiger partial charge < -0.3 is 12.4 Å². The molecule has 0 unspecified atom stereocenters. The van der Waals surface area contributed by atoms with Crippen LogP contribution in [-0.2, 0) is 0 Å². The minimum atomic E-state index is 0. The molecule has 0 fully saturated rings. The molecule has 0 heterocycles. The van der Waals surface area contributed by atoms with Crippen molar-refractivity contribution < 1.29 is 22.3 Å². The Kier molecular flexibility index (Phi) is 6.68. The van der Waals surface area contributed by atoms with Gasteiger partial charge in [-0.25, -0.2) is 5.21 Å². The minimum Gasteiger partial charge on any atom is -1.00 e. The van der Waals surface area contributed by atoms with Crippen molar-refractivity contribution in [2.75, 3.05) is 19.6 Å². The van der Waals surface area contributed by atoms with Gasteiger partial charge in [0.1, 0.15) is 19.6 Å². The van der Waals surface area contributed by atoms with Gasteiger partial charge in [0.05, 0.1) is 0 Å². The van der Waals surface area contributed by atoms with Gasteiger partial charge >= 0.3 is 0 Å². The molecule has 9 heavy (non-hydrogen) atoms. The molecule has 0 saturated carbocycles. The standard InChI is InChI=1S/C6H16NO.ClH/c1-4-7(8,5-2)6-3;/h8H,4-6H2,1-3H3;1H/q+1;/p-1. The zero-order valence-corrected chi connectivity index (χ0v) is 7.15. The van der Waals surface area contributed by atoms with Gasteiger partial charge in [0, 0.05) is 0 Å². The summed E-state index contributed by atoms with van der Waals surface area (Å²) in [6.45, 7) is 8.42. The maximum absolute atomic E-state index is 9.38. The zero-order valence-electron chi connectivity index (χ0n) is 6.39. The van der Waals surface area contributed by atoms with Crippen LogP contribution in [0.15, 0.2) is 0 Å². The molecule has 0 rings (SSSR count). The second-order valence-electron chi connectivity index (χ2n) is 2.04. The van der Waals surface area contributed by atoms with Crippen LogP contribution in [0, 0.1) is 0 Å². The van der Waals surface area contributed by atoms with Crippen LogP contribution >= 0.6 is 0 Å². The molecule has 1 N–H and O–H groups in total. The summed E-state index contributed by atoms with van der Waals surface area (Å²) in [5.41, 5.74) is 0. The van der Waals surface area contributed by atoms with Crippen LogP contribution in [0.3, 0.4) is 0 Å². The molecule has 0 aromatic heterocycles. The summed E-state index contributed by atoms with van der Waals surface area (Å²) in [5, 5.41) is 9.38. The normalized spacial score (nSPS) is 10.7. The number of halogens is 1. The summed E-state index contributed by atoms with van der Waals surface area (Å²) in [6, 6.07) is 0. The molecule has 0 bridgehead atoms. The third kappa shape index (κ3) is 3.73. The lowest BCUT2D eigenvalue weighted by Gasteiger charge is -2.25. The van der Waals surface area contributed by atoms with Crippen molar-refractivity contribution in [3.63, 3.8) is 0 Å². The van der Waals surface area contributed by atoms with Gasteiger partial charge in [0.25, 0.3) is 0 Å². The Hall–Kier alpha value is 0.210. The van der Waals surface area contributed by atoms with E-state index in [9.17, 15) is 5.21 Å². The van der Waals surface area contributed by atoms with Gasteiger partial charge in [0.2, 0.25) is 0 Å². The first kappa shape index (κ1) is 11.9. The average molecular weight is 154 g/mol. The Morgan fingerprint density at radius 3 is 1.22 bits per heavy atom. The van der Waals surface area contributed by atoms with Crippen molar-refractivity contribution in [1.29, 1.82) is 0 Å². The highest BCUT2D eigenvalue weighted by Crippen LogP contribution is 1.97. The van der Waals surface area contributed by atoms with E-state index in [1.165, 1.54) is 0 Å². The monoisotopic (exact) mass is 153 g/mol. The van der Waals surface area contributed by atoms with E-state index >= 15 is 0 Å². The summed E-state index contributed by atoms with van der Waals surface area (Å²) >= 11 is 0. The molecule has 0 atom stereocenters. The van der Waals surface area contributed by atoms with Crippen molar-refractivity contribution >= 4 is 0 Å². The predicted molar refractivity (Wildman–Crippen MR) is 33.7 cm³/mol. The van der Waals surface area contributed by atoms with Crippen molar-refractivity contribution in [2.45, 2.75) is 20.8 Å². The molecule has 0 aromatic rings. The van der Waals surface area contributed by atoms with E-state index in [1.54, 1.807) is 0 Å². The van der Waals surface area contributed by atoms with Crippen LogP contribution in [-0.4, -0.2) is 29.5 Å². The van der Waals surface area contributed by atoms with E-state index in [4.69, 9.17) is 0 Å². The van der Waals surface area contributed by atoms with E-state index < -0.39 is 0 Å². The fourth-order valence-electron chi connectivity index (χ4n) is 0.671.